The number of anilines is 1. The van der Waals surface area contributed by atoms with Crippen molar-refractivity contribution in [2.75, 3.05) is 5.73 Å². The molecule has 0 atom stereocenters. The lowest BCUT2D eigenvalue weighted by atomic mass is 10.2. The van der Waals surface area contributed by atoms with Crippen molar-refractivity contribution >= 4 is 17.1 Å². The molecule has 3 aromatic rings. The van der Waals surface area contributed by atoms with Crippen molar-refractivity contribution in [3.05, 3.63) is 17.8 Å². The average molecular weight is 274 g/mol. The Labute approximate surface area is 116 Å². The molecular formula is C12H18N8. The van der Waals surface area contributed by atoms with Crippen LogP contribution in [0.1, 0.15) is 24.9 Å². The van der Waals surface area contributed by atoms with Gasteiger partial charge in [-0.05, 0) is 6.42 Å². The molecule has 0 amide bonds. The van der Waals surface area contributed by atoms with Gasteiger partial charge in [0, 0.05) is 14.1 Å². The third-order valence-corrected chi connectivity index (χ3v) is 3.25. The number of nitrogens with two attached hydrogens (primary N) is 1. The predicted molar refractivity (Wildman–Crippen MR) is 75.0 cm³/mol. The van der Waals surface area contributed by atoms with Gasteiger partial charge in [-0.25, -0.2) is 9.97 Å². The number of hydrogen-bond acceptors (Lipinski definition) is 5. The first-order chi connectivity index (χ1) is 9.60. The van der Waals surface area contributed by atoms with E-state index in [9.17, 15) is 0 Å². The van der Waals surface area contributed by atoms with Crippen LogP contribution in [0, 0.1) is 0 Å². The van der Waals surface area contributed by atoms with E-state index < -0.39 is 0 Å². The van der Waals surface area contributed by atoms with E-state index in [0.29, 0.717) is 18.3 Å². The normalized spacial score (nSPS) is 11.6. The fourth-order valence-corrected chi connectivity index (χ4v) is 2.42. The molecule has 0 saturated carbocycles. The van der Waals surface area contributed by atoms with Crippen molar-refractivity contribution < 1.29 is 0 Å². The summed E-state index contributed by atoms with van der Waals surface area (Å²) in [5.41, 5.74) is 8.82. The van der Waals surface area contributed by atoms with E-state index in [1.165, 1.54) is 0 Å². The minimum atomic E-state index is 0.470. The number of hydrogen-bond donors (Lipinski definition) is 1. The lowest BCUT2D eigenvalue weighted by Crippen LogP contribution is -2.09. The second kappa shape index (κ2) is 4.62. The first-order valence-electron chi connectivity index (χ1n) is 6.62. The van der Waals surface area contributed by atoms with Crippen LogP contribution >= 0.6 is 0 Å². The molecule has 3 aromatic heterocycles. The highest BCUT2D eigenvalue weighted by Gasteiger charge is 2.18. The zero-order chi connectivity index (χ0) is 14.3. The van der Waals surface area contributed by atoms with Gasteiger partial charge in [0.2, 0.25) is 5.95 Å². The number of nitrogen functional groups attached to an aromatic ring is 1. The molecule has 0 spiro atoms. The summed E-state index contributed by atoms with van der Waals surface area (Å²) < 4.78 is 5.40. The highest BCUT2D eigenvalue weighted by molar-refractivity contribution is 5.77. The van der Waals surface area contributed by atoms with Gasteiger partial charge in [0.25, 0.3) is 0 Å². The number of fused-ring (bicyclic) bond motifs is 1. The highest BCUT2D eigenvalue weighted by Crippen LogP contribution is 2.22. The van der Waals surface area contributed by atoms with Crippen molar-refractivity contribution in [2.45, 2.75) is 26.3 Å². The molecule has 20 heavy (non-hydrogen) atoms. The molecule has 0 aromatic carbocycles. The minimum absolute atomic E-state index is 0.470. The molecule has 0 aliphatic rings. The largest absolute Gasteiger partial charge is 0.369 e. The van der Waals surface area contributed by atoms with Gasteiger partial charge in [0.1, 0.15) is 11.8 Å². The van der Waals surface area contributed by atoms with Crippen LogP contribution in [0.15, 0.2) is 6.33 Å². The van der Waals surface area contributed by atoms with Crippen LogP contribution in [-0.2, 0) is 27.1 Å². The Morgan fingerprint density at radius 2 is 2.05 bits per heavy atom. The molecule has 0 aliphatic carbocycles. The molecule has 0 radical (unpaired) electrons. The summed E-state index contributed by atoms with van der Waals surface area (Å²) in [7, 11) is 3.75. The van der Waals surface area contributed by atoms with Crippen LogP contribution in [0.2, 0.25) is 0 Å². The molecule has 8 heteroatoms. The number of aromatic nitrogens is 7. The molecule has 3 rings (SSSR count). The van der Waals surface area contributed by atoms with Crippen LogP contribution in [0.25, 0.3) is 11.2 Å². The van der Waals surface area contributed by atoms with E-state index in [4.69, 9.17) is 5.73 Å². The van der Waals surface area contributed by atoms with Gasteiger partial charge < -0.3 is 5.73 Å². The van der Waals surface area contributed by atoms with Crippen LogP contribution in [0.4, 0.5) is 5.95 Å². The first kappa shape index (κ1) is 12.6. The zero-order valence-electron chi connectivity index (χ0n) is 11.9. The van der Waals surface area contributed by atoms with Gasteiger partial charge in [0.15, 0.2) is 11.5 Å². The van der Waals surface area contributed by atoms with Gasteiger partial charge >= 0.3 is 0 Å². The first-order valence-corrected chi connectivity index (χ1v) is 6.62. The molecule has 0 bridgehead atoms. The summed E-state index contributed by atoms with van der Waals surface area (Å²) >= 11 is 0. The molecule has 0 unspecified atom stereocenters. The Morgan fingerprint density at radius 1 is 1.25 bits per heavy atom. The third kappa shape index (κ3) is 1.93. The summed E-state index contributed by atoms with van der Waals surface area (Å²) in [5, 5.41) is 8.80. The maximum absolute atomic E-state index is 6.03. The highest BCUT2D eigenvalue weighted by atomic mass is 15.4. The van der Waals surface area contributed by atoms with Crippen LogP contribution in [-0.4, -0.2) is 34.1 Å². The van der Waals surface area contributed by atoms with Gasteiger partial charge in [-0.2, -0.15) is 10.2 Å². The Balaban J connectivity index is 2.08. The topological polar surface area (TPSA) is 92.4 Å². The Bertz CT molecular complexity index is 747. The summed E-state index contributed by atoms with van der Waals surface area (Å²) in [6.45, 7) is 2.62. The average Bonchev–Trinajstić information content (AvgIpc) is 3.02. The zero-order valence-corrected chi connectivity index (χ0v) is 11.9. The molecule has 8 nitrogen and oxygen atoms in total. The van der Waals surface area contributed by atoms with E-state index in [1.807, 2.05) is 23.3 Å². The Morgan fingerprint density at radius 3 is 2.70 bits per heavy atom. The Kier molecular flexibility index (Phi) is 2.92. The van der Waals surface area contributed by atoms with Crippen LogP contribution in [0.5, 0.6) is 0 Å². The molecule has 0 saturated heterocycles. The van der Waals surface area contributed by atoms with Gasteiger partial charge in [0.05, 0.1) is 12.2 Å². The van der Waals surface area contributed by atoms with Gasteiger partial charge in [-0.1, -0.05) is 13.3 Å². The number of aryl methyl sites for hydroxylation is 3. The summed E-state index contributed by atoms with van der Waals surface area (Å²) in [5.74, 6) is 1.18. The third-order valence-electron chi connectivity index (χ3n) is 3.25. The lowest BCUT2D eigenvalue weighted by molar-refractivity contribution is 0.684. The summed E-state index contributed by atoms with van der Waals surface area (Å²) in [6, 6.07) is 0. The molecule has 2 N–H and O–H groups in total. The SMILES string of the molecule is CCCc1nn(C)c2c1nc(N)n2Cc1ncn(C)n1. The van der Waals surface area contributed by atoms with E-state index in [-0.39, 0.29) is 0 Å². The summed E-state index contributed by atoms with van der Waals surface area (Å²) in [6.07, 6.45) is 3.60. The van der Waals surface area contributed by atoms with Crippen molar-refractivity contribution in [1.29, 1.82) is 0 Å². The number of nitrogens with zero attached hydrogens (tertiary/aromatic N) is 7. The quantitative estimate of drug-likeness (QED) is 0.747. The van der Waals surface area contributed by atoms with E-state index in [2.05, 4.69) is 27.1 Å². The van der Waals surface area contributed by atoms with Crippen LogP contribution in [0.3, 0.4) is 0 Å². The van der Waals surface area contributed by atoms with Gasteiger partial charge in [-0.15, -0.1) is 0 Å². The standard InChI is InChI=1S/C12H18N8/c1-4-5-8-10-11(19(3)16-8)20(12(13)15-10)6-9-14-7-18(2)17-9/h7H,4-6H2,1-3H3,(H2,13,15). The smallest absolute Gasteiger partial charge is 0.202 e. The summed E-state index contributed by atoms with van der Waals surface area (Å²) in [4.78, 5) is 8.68. The molecule has 3 heterocycles. The molecular weight excluding hydrogens is 256 g/mol. The maximum Gasteiger partial charge on any atom is 0.202 e. The fraction of sp³-hybridized carbons (Fsp3) is 0.500. The van der Waals surface area contributed by atoms with E-state index in [0.717, 1.165) is 29.7 Å². The second-order valence-electron chi connectivity index (χ2n) is 4.88. The monoisotopic (exact) mass is 274 g/mol. The molecule has 106 valence electrons. The fourth-order valence-electron chi connectivity index (χ4n) is 2.42. The van der Waals surface area contributed by atoms with Crippen molar-refractivity contribution in [1.82, 2.24) is 34.1 Å². The lowest BCUT2D eigenvalue weighted by Gasteiger charge is -2.03. The van der Waals surface area contributed by atoms with Gasteiger partial charge in [-0.3, -0.25) is 13.9 Å². The Hall–Kier alpha value is -2.38. The second-order valence-corrected chi connectivity index (χ2v) is 4.88. The van der Waals surface area contributed by atoms with Crippen molar-refractivity contribution in [3.63, 3.8) is 0 Å². The van der Waals surface area contributed by atoms with Crippen molar-refractivity contribution in [3.8, 4) is 0 Å². The van der Waals surface area contributed by atoms with Crippen molar-refractivity contribution in [2.24, 2.45) is 14.1 Å². The minimum Gasteiger partial charge on any atom is -0.369 e. The molecule has 0 aliphatic heterocycles. The van der Waals surface area contributed by atoms with E-state index in [1.54, 1.807) is 11.0 Å². The maximum atomic E-state index is 6.03. The number of imidazole rings is 1. The predicted octanol–water partition coefficient (Wildman–Crippen LogP) is 0.481. The molecule has 0 fully saturated rings. The van der Waals surface area contributed by atoms with E-state index >= 15 is 0 Å². The number of rotatable bonds is 4. The van der Waals surface area contributed by atoms with Crippen LogP contribution < -0.4 is 5.73 Å².